The van der Waals surface area contributed by atoms with E-state index in [0.717, 1.165) is 25.1 Å². The van der Waals surface area contributed by atoms with Gasteiger partial charge in [0.2, 0.25) is 5.91 Å². The molecule has 1 aromatic rings. The fourth-order valence-electron chi connectivity index (χ4n) is 3.27. The van der Waals surface area contributed by atoms with Crippen LogP contribution in [0.1, 0.15) is 30.2 Å². The lowest BCUT2D eigenvalue weighted by molar-refractivity contribution is -0.130. The zero-order valence-corrected chi connectivity index (χ0v) is 12.4. The molecule has 0 bridgehead atoms. The Bertz CT molecular complexity index is 459. The molecule has 2 aliphatic heterocycles. The third-order valence-electron chi connectivity index (χ3n) is 4.44. The molecule has 3 rings (SSSR count). The smallest absolute Gasteiger partial charge is 0.245 e. The summed E-state index contributed by atoms with van der Waals surface area (Å²) in [5.41, 5.74) is 0.892. The van der Waals surface area contributed by atoms with Crippen molar-refractivity contribution in [1.29, 1.82) is 0 Å². The van der Waals surface area contributed by atoms with Crippen LogP contribution in [0.4, 0.5) is 0 Å². The predicted octanol–water partition coefficient (Wildman–Crippen LogP) is 2.66. The van der Waals surface area contributed by atoms with Gasteiger partial charge in [0.15, 0.2) is 0 Å². The molecule has 4 heteroatoms. The van der Waals surface area contributed by atoms with Crippen molar-refractivity contribution >= 4 is 17.5 Å². The maximum absolute atomic E-state index is 12.5. The first-order chi connectivity index (χ1) is 9.75. The lowest BCUT2D eigenvalue weighted by Gasteiger charge is -2.24. The van der Waals surface area contributed by atoms with Crippen LogP contribution in [0.5, 0.6) is 0 Å². The van der Waals surface area contributed by atoms with Crippen LogP contribution in [-0.2, 0) is 4.79 Å². The van der Waals surface area contributed by atoms with Crippen LogP contribution in [0.25, 0.3) is 0 Å². The molecule has 2 heterocycles. The molecule has 20 heavy (non-hydrogen) atoms. The monoisotopic (exact) mass is 292 g/mol. The van der Waals surface area contributed by atoms with E-state index in [0.29, 0.717) is 6.04 Å². The number of likely N-dealkylation sites (tertiary alicyclic amines) is 2. The molecule has 0 aliphatic carbocycles. The van der Waals surface area contributed by atoms with Gasteiger partial charge in [-0.3, -0.25) is 9.69 Å². The minimum atomic E-state index is -0.548. The van der Waals surface area contributed by atoms with Crippen molar-refractivity contribution in [3.8, 4) is 0 Å². The molecule has 108 valence electrons. The van der Waals surface area contributed by atoms with Gasteiger partial charge in [-0.05, 0) is 37.9 Å². The molecule has 1 amide bonds. The van der Waals surface area contributed by atoms with Gasteiger partial charge in [0, 0.05) is 19.1 Å². The van der Waals surface area contributed by atoms with Gasteiger partial charge in [-0.1, -0.05) is 30.3 Å². The van der Waals surface area contributed by atoms with Gasteiger partial charge in [-0.2, -0.15) is 0 Å². The first-order valence-corrected chi connectivity index (χ1v) is 7.91. The first-order valence-electron chi connectivity index (χ1n) is 7.47. The van der Waals surface area contributed by atoms with Crippen molar-refractivity contribution in [2.24, 2.45) is 0 Å². The average Bonchev–Trinajstić information content (AvgIpc) is 3.17. The highest BCUT2D eigenvalue weighted by molar-refractivity contribution is 6.30. The fraction of sp³-hybridized carbons (Fsp3) is 0.562. The summed E-state index contributed by atoms with van der Waals surface area (Å²) < 4.78 is 0. The van der Waals surface area contributed by atoms with Gasteiger partial charge < -0.3 is 4.90 Å². The summed E-state index contributed by atoms with van der Waals surface area (Å²) in [5, 5.41) is -0.548. The van der Waals surface area contributed by atoms with Crippen LogP contribution in [0.3, 0.4) is 0 Å². The van der Waals surface area contributed by atoms with Crippen LogP contribution < -0.4 is 0 Å². The predicted molar refractivity (Wildman–Crippen MR) is 80.8 cm³/mol. The molecule has 2 saturated heterocycles. The van der Waals surface area contributed by atoms with Crippen molar-refractivity contribution < 1.29 is 4.79 Å². The molecular formula is C16H21ClN2O. The number of hydrogen-bond acceptors (Lipinski definition) is 2. The number of amides is 1. The SMILES string of the molecule is O=C(C(Cl)c1ccccc1)N1CCC(N2CCCC2)C1. The molecule has 1 aromatic carbocycles. The molecular weight excluding hydrogens is 272 g/mol. The lowest BCUT2D eigenvalue weighted by Crippen LogP contribution is -2.38. The van der Waals surface area contributed by atoms with Gasteiger partial charge in [0.05, 0.1) is 0 Å². The maximum atomic E-state index is 12.5. The quantitative estimate of drug-likeness (QED) is 0.800. The molecule has 2 atom stereocenters. The number of alkyl halides is 1. The Morgan fingerprint density at radius 3 is 2.55 bits per heavy atom. The molecule has 0 radical (unpaired) electrons. The maximum Gasteiger partial charge on any atom is 0.245 e. The Kier molecular flexibility index (Phi) is 4.27. The zero-order valence-electron chi connectivity index (χ0n) is 11.7. The minimum absolute atomic E-state index is 0.0552. The second-order valence-electron chi connectivity index (χ2n) is 5.74. The second-order valence-corrected chi connectivity index (χ2v) is 6.18. The minimum Gasteiger partial charge on any atom is -0.339 e. The van der Waals surface area contributed by atoms with Crippen LogP contribution >= 0.6 is 11.6 Å². The third-order valence-corrected chi connectivity index (χ3v) is 4.88. The number of rotatable bonds is 3. The van der Waals surface area contributed by atoms with E-state index in [2.05, 4.69) is 4.90 Å². The number of carbonyl (C=O) groups excluding carboxylic acids is 1. The third kappa shape index (κ3) is 2.84. The normalized spacial score (nSPS) is 25.1. The molecule has 0 saturated carbocycles. The molecule has 0 aromatic heterocycles. The van der Waals surface area contributed by atoms with Gasteiger partial charge in [-0.15, -0.1) is 11.6 Å². The zero-order chi connectivity index (χ0) is 13.9. The Hall–Kier alpha value is -1.06. The van der Waals surface area contributed by atoms with E-state index in [-0.39, 0.29) is 5.91 Å². The van der Waals surface area contributed by atoms with Crippen LogP contribution in [0.15, 0.2) is 30.3 Å². The van der Waals surface area contributed by atoms with Crippen molar-refractivity contribution in [2.75, 3.05) is 26.2 Å². The Morgan fingerprint density at radius 1 is 1.15 bits per heavy atom. The highest BCUT2D eigenvalue weighted by Crippen LogP contribution is 2.27. The van der Waals surface area contributed by atoms with Crippen LogP contribution in [-0.4, -0.2) is 47.9 Å². The Labute approximate surface area is 125 Å². The van der Waals surface area contributed by atoms with E-state index in [4.69, 9.17) is 11.6 Å². The van der Waals surface area contributed by atoms with Gasteiger partial charge in [-0.25, -0.2) is 0 Å². The topological polar surface area (TPSA) is 23.6 Å². The van der Waals surface area contributed by atoms with Gasteiger partial charge in [0.1, 0.15) is 5.38 Å². The highest BCUT2D eigenvalue weighted by atomic mass is 35.5. The summed E-state index contributed by atoms with van der Waals surface area (Å²) >= 11 is 6.34. The number of carbonyl (C=O) groups is 1. The summed E-state index contributed by atoms with van der Waals surface area (Å²) in [6.07, 6.45) is 3.68. The average molecular weight is 293 g/mol. The van der Waals surface area contributed by atoms with E-state index in [9.17, 15) is 4.79 Å². The summed E-state index contributed by atoms with van der Waals surface area (Å²) in [6.45, 7) is 4.07. The van der Waals surface area contributed by atoms with Crippen molar-refractivity contribution in [3.05, 3.63) is 35.9 Å². The molecule has 2 aliphatic rings. The van der Waals surface area contributed by atoms with Crippen LogP contribution in [0.2, 0.25) is 0 Å². The van der Waals surface area contributed by atoms with E-state index in [1.807, 2.05) is 35.2 Å². The summed E-state index contributed by atoms with van der Waals surface area (Å²) in [7, 11) is 0. The molecule has 0 spiro atoms. The second kappa shape index (κ2) is 6.15. The van der Waals surface area contributed by atoms with Crippen molar-refractivity contribution in [2.45, 2.75) is 30.7 Å². The number of halogens is 1. The molecule has 2 unspecified atom stereocenters. The lowest BCUT2D eigenvalue weighted by atomic mass is 10.1. The molecule has 3 nitrogen and oxygen atoms in total. The Balaban J connectivity index is 1.61. The van der Waals surface area contributed by atoms with E-state index in [1.54, 1.807) is 0 Å². The number of nitrogens with zero attached hydrogens (tertiary/aromatic N) is 2. The van der Waals surface area contributed by atoms with Crippen molar-refractivity contribution in [1.82, 2.24) is 9.80 Å². The number of hydrogen-bond donors (Lipinski definition) is 0. The Morgan fingerprint density at radius 2 is 1.85 bits per heavy atom. The largest absolute Gasteiger partial charge is 0.339 e. The molecule has 2 fully saturated rings. The fourth-order valence-corrected chi connectivity index (χ4v) is 3.56. The summed E-state index contributed by atoms with van der Waals surface area (Å²) in [4.78, 5) is 16.9. The van der Waals surface area contributed by atoms with Crippen LogP contribution in [0, 0.1) is 0 Å². The van der Waals surface area contributed by atoms with E-state index >= 15 is 0 Å². The van der Waals surface area contributed by atoms with Gasteiger partial charge >= 0.3 is 0 Å². The molecule has 0 N–H and O–H groups in total. The summed E-state index contributed by atoms with van der Waals surface area (Å²) in [6, 6.07) is 10.2. The van der Waals surface area contributed by atoms with Gasteiger partial charge in [0.25, 0.3) is 0 Å². The number of benzene rings is 1. The van der Waals surface area contributed by atoms with Crippen molar-refractivity contribution in [3.63, 3.8) is 0 Å². The van der Waals surface area contributed by atoms with E-state index in [1.165, 1.54) is 25.9 Å². The highest BCUT2D eigenvalue weighted by Gasteiger charge is 2.34. The summed E-state index contributed by atoms with van der Waals surface area (Å²) in [5.74, 6) is 0.0552. The standard InChI is InChI=1S/C16H21ClN2O/c17-15(13-6-2-1-3-7-13)16(20)19-11-8-14(12-19)18-9-4-5-10-18/h1-3,6-7,14-15H,4-5,8-12H2. The first kappa shape index (κ1) is 13.9. The van der Waals surface area contributed by atoms with E-state index < -0.39 is 5.38 Å².